The van der Waals surface area contributed by atoms with Gasteiger partial charge in [-0.15, -0.1) is 6.58 Å². The minimum Gasteiger partial charge on any atom is -0.543 e. The second-order valence-corrected chi connectivity index (χ2v) is 8.68. The van der Waals surface area contributed by atoms with Crippen molar-refractivity contribution in [3.05, 3.63) is 60.7 Å². The average Bonchev–Trinajstić information content (AvgIpc) is 2.91. The number of carbonyl (C=O) groups is 2. The van der Waals surface area contributed by atoms with Crippen molar-refractivity contribution >= 4 is 18.0 Å². The van der Waals surface area contributed by atoms with Gasteiger partial charge in [-0.25, -0.2) is 4.79 Å². The summed E-state index contributed by atoms with van der Waals surface area (Å²) in [6.07, 6.45) is 0.492. The number of esters is 1. The molecule has 2 aliphatic heterocycles. The molecule has 0 bridgehead atoms. The van der Waals surface area contributed by atoms with Crippen LogP contribution in [0.1, 0.15) is 18.5 Å². The van der Waals surface area contributed by atoms with Gasteiger partial charge in [0.05, 0.1) is 31.5 Å². The topological polar surface area (TPSA) is 179 Å². The van der Waals surface area contributed by atoms with E-state index in [0.29, 0.717) is 5.56 Å². The highest BCUT2D eigenvalue weighted by Gasteiger charge is 2.47. The monoisotopic (exact) mass is 521 g/mol. The number of pyridine rings is 1. The predicted octanol–water partition coefficient (Wildman–Crippen LogP) is -2.05. The zero-order chi connectivity index (χ0) is 27.3. The van der Waals surface area contributed by atoms with Gasteiger partial charge in [-0.3, -0.25) is 0 Å². The van der Waals surface area contributed by atoms with Crippen molar-refractivity contribution in [1.82, 2.24) is 0 Å². The lowest BCUT2D eigenvalue weighted by Gasteiger charge is -2.42. The number of nitrogens with zero attached hydrogens (tertiary/aromatic N) is 1. The average molecular weight is 522 g/mol. The van der Waals surface area contributed by atoms with Gasteiger partial charge in [0.1, 0.15) is 30.4 Å². The SMILES string of the molecule is C=C[C@H]1[C@H](O[C@H]2O[C@@H](CO)[C@H](O)[C@@H](O)[C@@H]2O)OC=C(C(=O)OC)[C@H]1/C=C/c1ccc[n+]([C@@H](C)C(=O)[O-])c1. The molecule has 1 aromatic rings. The Balaban J connectivity index is 1.89. The number of carboxylic acid groups (broad SMARTS) is 1. The van der Waals surface area contributed by atoms with E-state index in [1.807, 2.05) is 0 Å². The molecule has 12 heteroatoms. The molecule has 0 unspecified atom stereocenters. The first-order valence-corrected chi connectivity index (χ1v) is 11.5. The number of aliphatic hydroxyl groups is 4. The van der Waals surface area contributed by atoms with Crippen LogP contribution in [0.15, 0.2) is 55.1 Å². The molecule has 0 radical (unpaired) electrons. The number of aliphatic carboxylic acids is 1. The summed E-state index contributed by atoms with van der Waals surface area (Å²) in [7, 11) is 1.21. The summed E-state index contributed by atoms with van der Waals surface area (Å²) in [6, 6.07) is 2.50. The molecular weight excluding hydrogens is 490 g/mol. The standard InChI is InChI=1S/C25H31NO11/c1-4-15-16(8-7-14-6-5-9-26(10-14)13(2)22(31)32)17(23(33)34-3)12-35-24(15)37-25-21(30)20(29)19(28)18(11-27)36-25/h4-10,12-13,15-16,18-21,24-25,27-30H,1,11H2,2-3H3/b8-7+/t13-,15+,16-,18-,19-,20+,21-,24-,25+/m0/s1. The van der Waals surface area contributed by atoms with Crippen molar-refractivity contribution in [3.63, 3.8) is 0 Å². The van der Waals surface area contributed by atoms with Crippen molar-refractivity contribution in [2.75, 3.05) is 13.7 Å². The number of carbonyl (C=O) groups excluding carboxylic acids is 2. The molecule has 202 valence electrons. The van der Waals surface area contributed by atoms with Crippen molar-refractivity contribution in [2.24, 2.45) is 11.8 Å². The van der Waals surface area contributed by atoms with Crippen molar-refractivity contribution < 1.29 is 58.6 Å². The number of allylic oxidation sites excluding steroid dienone is 1. The third kappa shape index (κ3) is 6.24. The molecule has 1 aromatic heterocycles. The lowest BCUT2D eigenvalue weighted by atomic mass is 9.83. The van der Waals surface area contributed by atoms with Gasteiger partial charge in [-0.1, -0.05) is 18.2 Å². The quantitative estimate of drug-likeness (QED) is 0.160. The number of ether oxygens (including phenoxy) is 4. The van der Waals surface area contributed by atoms with E-state index in [0.717, 1.165) is 6.26 Å². The number of hydrogen-bond acceptors (Lipinski definition) is 11. The summed E-state index contributed by atoms with van der Waals surface area (Å²) >= 11 is 0. The van der Waals surface area contributed by atoms with Crippen LogP contribution in [0.4, 0.5) is 0 Å². The summed E-state index contributed by atoms with van der Waals surface area (Å²) in [5, 5.41) is 51.1. The molecule has 3 heterocycles. The first-order valence-electron chi connectivity index (χ1n) is 11.5. The fourth-order valence-corrected chi connectivity index (χ4v) is 4.10. The Bertz CT molecular complexity index is 1040. The van der Waals surface area contributed by atoms with Gasteiger partial charge < -0.3 is 49.3 Å². The number of carboxylic acids is 1. The largest absolute Gasteiger partial charge is 0.543 e. The molecule has 12 nitrogen and oxygen atoms in total. The third-order valence-corrected chi connectivity index (χ3v) is 6.36. The number of aliphatic hydroxyl groups excluding tert-OH is 4. The van der Waals surface area contributed by atoms with Gasteiger partial charge in [-0.05, 0) is 6.07 Å². The Hall–Kier alpha value is -3.13. The number of hydrogen-bond donors (Lipinski definition) is 4. The van der Waals surface area contributed by atoms with E-state index in [1.54, 1.807) is 36.7 Å². The summed E-state index contributed by atoms with van der Waals surface area (Å²) < 4.78 is 23.1. The summed E-state index contributed by atoms with van der Waals surface area (Å²) in [6.45, 7) is 4.65. The molecule has 0 aliphatic carbocycles. The van der Waals surface area contributed by atoms with E-state index in [2.05, 4.69) is 6.58 Å². The van der Waals surface area contributed by atoms with Crippen LogP contribution in [-0.4, -0.2) is 83.1 Å². The lowest BCUT2D eigenvalue weighted by Crippen LogP contribution is -2.60. The molecule has 1 fully saturated rings. The van der Waals surface area contributed by atoms with E-state index in [4.69, 9.17) is 18.9 Å². The third-order valence-electron chi connectivity index (χ3n) is 6.36. The van der Waals surface area contributed by atoms with Gasteiger partial charge in [0.25, 0.3) is 0 Å². The van der Waals surface area contributed by atoms with Gasteiger partial charge in [0, 0.05) is 24.5 Å². The molecule has 0 amide bonds. The van der Waals surface area contributed by atoms with Crippen LogP contribution in [-0.2, 0) is 28.5 Å². The summed E-state index contributed by atoms with van der Waals surface area (Å²) in [5.41, 5.74) is 0.768. The first kappa shape index (κ1) is 28.4. The molecule has 1 saturated heterocycles. The molecular formula is C25H31NO11. The van der Waals surface area contributed by atoms with Crippen LogP contribution >= 0.6 is 0 Å². The zero-order valence-electron chi connectivity index (χ0n) is 20.3. The van der Waals surface area contributed by atoms with Crippen LogP contribution < -0.4 is 9.67 Å². The number of methoxy groups -OCH3 is 1. The highest BCUT2D eigenvalue weighted by Crippen LogP contribution is 2.36. The Labute approximate surface area is 213 Å². The summed E-state index contributed by atoms with van der Waals surface area (Å²) in [4.78, 5) is 23.7. The highest BCUT2D eigenvalue weighted by molar-refractivity contribution is 5.89. The molecule has 0 saturated carbocycles. The van der Waals surface area contributed by atoms with Crippen LogP contribution in [0.2, 0.25) is 0 Å². The van der Waals surface area contributed by atoms with E-state index < -0.39 is 73.4 Å². The maximum atomic E-state index is 12.5. The van der Waals surface area contributed by atoms with Gasteiger partial charge in [-0.2, -0.15) is 4.57 Å². The Morgan fingerprint density at radius 2 is 1.97 bits per heavy atom. The van der Waals surface area contributed by atoms with Crippen LogP contribution in [0, 0.1) is 11.8 Å². The predicted molar refractivity (Wildman–Crippen MR) is 122 cm³/mol. The molecule has 3 rings (SSSR count). The Morgan fingerprint density at radius 1 is 1.24 bits per heavy atom. The zero-order valence-corrected chi connectivity index (χ0v) is 20.3. The second-order valence-electron chi connectivity index (χ2n) is 8.68. The molecule has 2 aliphatic rings. The minimum absolute atomic E-state index is 0.143. The van der Waals surface area contributed by atoms with Gasteiger partial charge >= 0.3 is 5.97 Å². The maximum Gasteiger partial charge on any atom is 0.337 e. The van der Waals surface area contributed by atoms with Crippen molar-refractivity contribution in [2.45, 2.75) is 50.0 Å². The Morgan fingerprint density at radius 3 is 2.59 bits per heavy atom. The molecule has 9 atom stereocenters. The smallest absolute Gasteiger partial charge is 0.337 e. The first-order chi connectivity index (χ1) is 17.6. The molecule has 4 N–H and O–H groups in total. The van der Waals surface area contributed by atoms with E-state index in [1.165, 1.54) is 24.7 Å². The van der Waals surface area contributed by atoms with E-state index in [9.17, 15) is 35.1 Å². The normalized spacial score (nSPS) is 32.8. The van der Waals surface area contributed by atoms with Gasteiger partial charge in [0.2, 0.25) is 6.29 Å². The summed E-state index contributed by atoms with van der Waals surface area (Å²) in [5.74, 6) is -3.32. The highest BCUT2D eigenvalue weighted by atomic mass is 16.8. The maximum absolute atomic E-state index is 12.5. The van der Waals surface area contributed by atoms with Crippen LogP contribution in [0.3, 0.4) is 0 Å². The number of aromatic nitrogens is 1. The fraction of sp³-hybridized carbons (Fsp3) is 0.480. The van der Waals surface area contributed by atoms with E-state index in [-0.39, 0.29) is 5.57 Å². The Kier molecular flexibility index (Phi) is 9.54. The molecule has 37 heavy (non-hydrogen) atoms. The van der Waals surface area contributed by atoms with Crippen LogP contribution in [0.25, 0.3) is 6.08 Å². The van der Waals surface area contributed by atoms with Gasteiger partial charge in [0.15, 0.2) is 24.7 Å². The lowest BCUT2D eigenvalue weighted by molar-refractivity contribution is -0.712. The van der Waals surface area contributed by atoms with Crippen LogP contribution in [0.5, 0.6) is 0 Å². The molecule has 0 aromatic carbocycles. The molecule has 0 spiro atoms. The minimum atomic E-state index is -1.66. The van der Waals surface area contributed by atoms with E-state index >= 15 is 0 Å². The number of rotatable bonds is 9. The van der Waals surface area contributed by atoms with Crippen molar-refractivity contribution in [1.29, 1.82) is 0 Å². The second kappa shape index (κ2) is 12.4. The fourth-order valence-electron chi connectivity index (χ4n) is 4.10. The van der Waals surface area contributed by atoms with Crippen molar-refractivity contribution in [3.8, 4) is 0 Å².